The van der Waals surface area contributed by atoms with E-state index in [9.17, 15) is 22.8 Å². The molecule has 0 atom stereocenters. The van der Waals surface area contributed by atoms with Crippen molar-refractivity contribution < 1.29 is 22.8 Å². The molecule has 0 N–H and O–H groups in total. The van der Waals surface area contributed by atoms with Crippen LogP contribution in [-0.4, -0.2) is 11.8 Å². The molecule has 1 aromatic carbocycles. The molecule has 19 heavy (non-hydrogen) atoms. The van der Waals surface area contributed by atoms with Crippen molar-refractivity contribution in [2.75, 3.05) is 4.90 Å². The maximum absolute atomic E-state index is 12.9. The first kappa shape index (κ1) is 15.8. The van der Waals surface area contributed by atoms with Gasteiger partial charge >= 0.3 is 6.18 Å². The summed E-state index contributed by atoms with van der Waals surface area (Å²) in [6.07, 6.45) is -4.80. The fraction of sp³-hybridized carbons (Fsp3) is 0.273. The Labute approximate surface area is 116 Å². The summed E-state index contributed by atoms with van der Waals surface area (Å²) >= 11 is 11.2. The van der Waals surface area contributed by atoms with E-state index >= 15 is 0 Å². The highest BCUT2D eigenvalue weighted by Gasteiger charge is 2.38. The molecule has 2 amide bonds. The van der Waals surface area contributed by atoms with Crippen molar-refractivity contribution in [2.45, 2.75) is 20.0 Å². The van der Waals surface area contributed by atoms with Crippen LogP contribution in [0.2, 0.25) is 10.0 Å². The number of anilines is 1. The van der Waals surface area contributed by atoms with E-state index in [1.54, 1.807) is 0 Å². The molecule has 0 fully saturated rings. The largest absolute Gasteiger partial charge is 0.418 e. The first-order valence-corrected chi connectivity index (χ1v) is 5.68. The van der Waals surface area contributed by atoms with Crippen LogP contribution in [0.25, 0.3) is 0 Å². The Balaban J connectivity index is 3.66. The first-order chi connectivity index (χ1) is 8.55. The van der Waals surface area contributed by atoms with E-state index < -0.39 is 34.3 Å². The fourth-order valence-electron chi connectivity index (χ4n) is 1.55. The maximum atomic E-state index is 12.9. The molecular weight excluding hydrogens is 306 g/mol. The third-order valence-corrected chi connectivity index (χ3v) is 2.69. The molecule has 0 saturated carbocycles. The van der Waals surface area contributed by atoms with Crippen LogP contribution in [0.1, 0.15) is 19.4 Å². The minimum Gasteiger partial charge on any atom is -0.274 e. The minimum absolute atomic E-state index is 0.242. The summed E-state index contributed by atoms with van der Waals surface area (Å²) in [5.41, 5.74) is -1.95. The lowest BCUT2D eigenvalue weighted by molar-refractivity contribution is -0.137. The molecule has 1 rings (SSSR count). The van der Waals surface area contributed by atoms with Gasteiger partial charge in [0.1, 0.15) is 0 Å². The van der Waals surface area contributed by atoms with Gasteiger partial charge in [-0.25, -0.2) is 4.90 Å². The van der Waals surface area contributed by atoms with Crippen LogP contribution >= 0.6 is 23.2 Å². The highest BCUT2D eigenvalue weighted by atomic mass is 35.5. The molecule has 0 aliphatic rings. The van der Waals surface area contributed by atoms with Crippen molar-refractivity contribution in [1.29, 1.82) is 0 Å². The molecule has 0 aliphatic carbocycles. The number of halogens is 5. The smallest absolute Gasteiger partial charge is 0.274 e. The standard InChI is InChI=1S/C11H8Cl2F3NO2/c1-5(18)17(6(2)19)10-8(11(14,15)16)3-7(12)4-9(10)13/h3-4H,1-2H3. The monoisotopic (exact) mass is 313 g/mol. The van der Waals surface area contributed by atoms with Crippen LogP contribution in [0.3, 0.4) is 0 Å². The number of hydrogen-bond acceptors (Lipinski definition) is 2. The van der Waals surface area contributed by atoms with Crippen molar-refractivity contribution in [3.63, 3.8) is 0 Å². The number of hydrogen-bond donors (Lipinski definition) is 0. The zero-order valence-corrected chi connectivity index (χ0v) is 11.3. The Morgan fingerprint density at radius 3 is 1.95 bits per heavy atom. The summed E-state index contributed by atoms with van der Waals surface area (Å²) in [4.78, 5) is 23.1. The highest BCUT2D eigenvalue weighted by Crippen LogP contribution is 2.42. The minimum atomic E-state index is -4.80. The number of carbonyl (C=O) groups excluding carboxylic acids is 2. The van der Waals surface area contributed by atoms with Crippen LogP contribution in [0.5, 0.6) is 0 Å². The molecule has 0 aromatic heterocycles. The molecule has 0 saturated heterocycles. The second-order valence-corrected chi connectivity index (χ2v) is 4.50. The van der Waals surface area contributed by atoms with Crippen molar-refractivity contribution in [3.05, 3.63) is 27.7 Å². The summed E-state index contributed by atoms with van der Waals surface area (Å²) in [5, 5.41) is -0.668. The van der Waals surface area contributed by atoms with Crippen molar-refractivity contribution >= 4 is 40.7 Å². The number of alkyl halides is 3. The predicted octanol–water partition coefficient (Wildman–Crippen LogP) is 3.91. The zero-order valence-electron chi connectivity index (χ0n) is 9.81. The molecule has 8 heteroatoms. The number of rotatable bonds is 1. The molecule has 0 bridgehead atoms. The number of benzene rings is 1. The van der Waals surface area contributed by atoms with Crippen LogP contribution in [0, 0.1) is 0 Å². The lowest BCUT2D eigenvalue weighted by Crippen LogP contribution is -2.35. The summed E-state index contributed by atoms with van der Waals surface area (Å²) in [6.45, 7) is 1.93. The van der Waals surface area contributed by atoms with E-state index in [1.165, 1.54) is 0 Å². The topological polar surface area (TPSA) is 37.4 Å². The predicted molar refractivity (Wildman–Crippen MR) is 65.3 cm³/mol. The van der Waals surface area contributed by atoms with Gasteiger partial charge < -0.3 is 0 Å². The average molecular weight is 314 g/mol. The van der Waals surface area contributed by atoms with Gasteiger partial charge in [-0.1, -0.05) is 23.2 Å². The third-order valence-electron chi connectivity index (χ3n) is 2.19. The van der Waals surface area contributed by atoms with E-state index in [1.807, 2.05) is 0 Å². The zero-order chi connectivity index (χ0) is 15.0. The van der Waals surface area contributed by atoms with Gasteiger partial charge in [-0.2, -0.15) is 13.2 Å². The summed E-state index contributed by atoms with van der Waals surface area (Å²) in [5.74, 6) is -1.75. The fourth-order valence-corrected chi connectivity index (χ4v) is 2.12. The van der Waals surface area contributed by atoms with Gasteiger partial charge in [-0.15, -0.1) is 0 Å². The molecule has 0 aliphatic heterocycles. The van der Waals surface area contributed by atoms with E-state index in [0.717, 1.165) is 19.9 Å². The number of amides is 2. The lowest BCUT2D eigenvalue weighted by Gasteiger charge is -2.23. The number of carbonyl (C=O) groups is 2. The van der Waals surface area contributed by atoms with Crippen LogP contribution in [-0.2, 0) is 15.8 Å². The Kier molecular flexibility index (Phi) is 4.47. The van der Waals surface area contributed by atoms with Gasteiger partial charge in [0.2, 0.25) is 11.8 Å². The van der Waals surface area contributed by atoms with Gasteiger partial charge in [0.25, 0.3) is 0 Å². The van der Waals surface area contributed by atoms with E-state index in [-0.39, 0.29) is 5.02 Å². The molecule has 3 nitrogen and oxygen atoms in total. The van der Waals surface area contributed by atoms with Gasteiger partial charge in [0.05, 0.1) is 16.3 Å². The van der Waals surface area contributed by atoms with Gasteiger partial charge in [-0.05, 0) is 12.1 Å². The van der Waals surface area contributed by atoms with Crippen LogP contribution in [0.15, 0.2) is 12.1 Å². The summed E-state index contributed by atoms with van der Waals surface area (Å²) in [7, 11) is 0. The molecule has 0 radical (unpaired) electrons. The molecule has 0 heterocycles. The Morgan fingerprint density at radius 1 is 1.11 bits per heavy atom. The quantitative estimate of drug-likeness (QED) is 0.788. The SMILES string of the molecule is CC(=O)N(C(C)=O)c1c(Cl)cc(Cl)cc1C(F)(F)F. The number of nitrogens with zero attached hydrogens (tertiary/aromatic N) is 1. The summed E-state index contributed by atoms with van der Waals surface area (Å²) in [6, 6.07) is 1.65. The van der Waals surface area contributed by atoms with Crippen LogP contribution in [0.4, 0.5) is 18.9 Å². The van der Waals surface area contributed by atoms with E-state index in [0.29, 0.717) is 11.0 Å². The van der Waals surface area contributed by atoms with Crippen molar-refractivity contribution in [3.8, 4) is 0 Å². The number of imide groups is 1. The van der Waals surface area contributed by atoms with Gasteiger partial charge in [-0.3, -0.25) is 9.59 Å². The molecular formula is C11H8Cl2F3NO2. The van der Waals surface area contributed by atoms with Gasteiger partial charge in [0, 0.05) is 18.9 Å². The van der Waals surface area contributed by atoms with Crippen molar-refractivity contribution in [1.82, 2.24) is 0 Å². The van der Waals surface area contributed by atoms with Gasteiger partial charge in [0.15, 0.2) is 0 Å². The Bertz CT molecular complexity index is 529. The van der Waals surface area contributed by atoms with E-state index in [2.05, 4.69) is 0 Å². The molecule has 0 unspecified atom stereocenters. The molecule has 1 aromatic rings. The second kappa shape index (κ2) is 5.38. The maximum Gasteiger partial charge on any atom is 0.418 e. The Hall–Kier alpha value is -1.27. The molecule has 104 valence electrons. The highest BCUT2D eigenvalue weighted by molar-refractivity contribution is 6.38. The summed E-state index contributed by atoms with van der Waals surface area (Å²) < 4.78 is 38.8. The average Bonchev–Trinajstić information content (AvgIpc) is 2.18. The van der Waals surface area contributed by atoms with Crippen molar-refractivity contribution in [2.24, 2.45) is 0 Å². The molecule has 0 spiro atoms. The normalized spacial score (nSPS) is 11.3. The van der Waals surface area contributed by atoms with E-state index in [4.69, 9.17) is 23.2 Å². The Morgan fingerprint density at radius 2 is 1.58 bits per heavy atom. The second-order valence-electron chi connectivity index (χ2n) is 3.65. The first-order valence-electron chi connectivity index (χ1n) is 4.93. The third kappa shape index (κ3) is 3.39. The lowest BCUT2D eigenvalue weighted by atomic mass is 10.1. The van der Waals surface area contributed by atoms with Crippen LogP contribution < -0.4 is 4.90 Å².